The van der Waals surface area contributed by atoms with Crippen LogP contribution in [-0.2, 0) is 9.53 Å². The van der Waals surface area contributed by atoms with Gasteiger partial charge in [0, 0.05) is 17.2 Å². The summed E-state index contributed by atoms with van der Waals surface area (Å²) in [4.78, 5) is 23.4. The van der Waals surface area contributed by atoms with E-state index in [1.54, 1.807) is 24.3 Å². The van der Waals surface area contributed by atoms with Crippen molar-refractivity contribution in [1.29, 1.82) is 0 Å². The van der Waals surface area contributed by atoms with Crippen molar-refractivity contribution in [2.75, 3.05) is 24.3 Å². The molecule has 0 spiro atoms. The number of hydrogen-bond donors (Lipinski definition) is 2. The van der Waals surface area contributed by atoms with E-state index in [2.05, 4.69) is 46.7 Å². The van der Waals surface area contributed by atoms with Crippen molar-refractivity contribution in [3.63, 3.8) is 0 Å². The van der Waals surface area contributed by atoms with Gasteiger partial charge in [0.1, 0.15) is 12.5 Å². The van der Waals surface area contributed by atoms with Crippen molar-refractivity contribution < 1.29 is 14.3 Å². The highest BCUT2D eigenvalue weighted by Gasteiger charge is 2.28. The molecule has 0 saturated carbocycles. The second kappa shape index (κ2) is 10.0. The molecular weight excluding hydrogens is 424 g/mol. The van der Waals surface area contributed by atoms with Gasteiger partial charge in [-0.25, -0.2) is 4.79 Å². The molecular formula is C26H21ClN2O3. The van der Waals surface area contributed by atoms with Gasteiger partial charge >= 0.3 is 6.09 Å². The van der Waals surface area contributed by atoms with Crippen LogP contribution in [0, 0.1) is 11.8 Å². The quantitative estimate of drug-likeness (QED) is 0.440. The summed E-state index contributed by atoms with van der Waals surface area (Å²) in [5.41, 5.74) is 6.15. The third-order valence-electron chi connectivity index (χ3n) is 5.19. The van der Waals surface area contributed by atoms with Crippen LogP contribution in [0.5, 0.6) is 0 Å². The average Bonchev–Trinajstić information content (AvgIpc) is 3.15. The van der Waals surface area contributed by atoms with E-state index in [0.29, 0.717) is 5.69 Å². The number of carbonyl (C=O) groups excluding carboxylic acids is 2. The molecule has 1 aliphatic carbocycles. The Morgan fingerprint density at radius 2 is 1.53 bits per heavy atom. The van der Waals surface area contributed by atoms with Crippen molar-refractivity contribution in [1.82, 2.24) is 5.32 Å². The number of alkyl halides is 1. The highest BCUT2D eigenvalue weighted by Crippen LogP contribution is 2.44. The lowest BCUT2D eigenvalue weighted by atomic mass is 9.98. The predicted octanol–water partition coefficient (Wildman–Crippen LogP) is 4.75. The Morgan fingerprint density at radius 1 is 0.906 bits per heavy atom. The maximum atomic E-state index is 12.2. The van der Waals surface area contributed by atoms with E-state index in [1.807, 2.05) is 24.3 Å². The zero-order valence-electron chi connectivity index (χ0n) is 17.2. The van der Waals surface area contributed by atoms with Gasteiger partial charge in [-0.2, -0.15) is 0 Å². The minimum absolute atomic E-state index is 0.0250. The molecule has 32 heavy (non-hydrogen) atoms. The fourth-order valence-electron chi connectivity index (χ4n) is 3.74. The molecule has 0 atom stereocenters. The van der Waals surface area contributed by atoms with Gasteiger partial charge in [-0.05, 0) is 46.5 Å². The zero-order valence-corrected chi connectivity index (χ0v) is 18.0. The third kappa shape index (κ3) is 4.93. The molecule has 3 aromatic carbocycles. The molecule has 160 valence electrons. The lowest BCUT2D eigenvalue weighted by Gasteiger charge is -2.14. The summed E-state index contributed by atoms with van der Waals surface area (Å²) in [6.45, 7) is 0.435. The molecule has 0 heterocycles. The van der Waals surface area contributed by atoms with Crippen molar-refractivity contribution in [2.45, 2.75) is 5.92 Å². The molecule has 3 aromatic rings. The molecule has 0 fully saturated rings. The normalized spacial score (nSPS) is 11.5. The smallest absolute Gasteiger partial charge is 0.407 e. The Kier molecular flexibility index (Phi) is 6.74. The van der Waals surface area contributed by atoms with Crippen LogP contribution in [0.25, 0.3) is 11.1 Å². The summed E-state index contributed by atoms with van der Waals surface area (Å²) in [6, 6.07) is 23.5. The summed E-state index contributed by atoms with van der Waals surface area (Å²) in [5.74, 6) is 5.52. The Hall–Kier alpha value is -3.75. The number of hydrogen-bond acceptors (Lipinski definition) is 3. The van der Waals surface area contributed by atoms with Crippen LogP contribution in [0.4, 0.5) is 10.5 Å². The summed E-state index contributed by atoms with van der Waals surface area (Å²) in [7, 11) is 0. The molecule has 6 heteroatoms. The van der Waals surface area contributed by atoms with Gasteiger partial charge in [-0.1, -0.05) is 60.4 Å². The molecule has 0 radical (unpaired) electrons. The van der Waals surface area contributed by atoms with E-state index >= 15 is 0 Å². The SMILES string of the molecule is O=C(CCl)Nc1ccc(C#CCNC(=O)OCC2c3ccccc3-c3ccccc32)cc1. The van der Waals surface area contributed by atoms with Crippen LogP contribution >= 0.6 is 11.6 Å². The van der Waals surface area contributed by atoms with Crippen molar-refractivity contribution >= 4 is 29.3 Å². The van der Waals surface area contributed by atoms with Crippen LogP contribution < -0.4 is 10.6 Å². The minimum atomic E-state index is -0.500. The first-order chi connectivity index (χ1) is 15.7. The first kappa shape index (κ1) is 21.5. The molecule has 2 amide bonds. The number of fused-ring (bicyclic) bond motifs is 3. The van der Waals surface area contributed by atoms with Gasteiger partial charge in [0.25, 0.3) is 0 Å². The van der Waals surface area contributed by atoms with E-state index in [9.17, 15) is 9.59 Å². The minimum Gasteiger partial charge on any atom is -0.449 e. The Morgan fingerprint density at radius 3 is 2.16 bits per heavy atom. The van der Waals surface area contributed by atoms with E-state index in [1.165, 1.54) is 22.3 Å². The lowest BCUT2D eigenvalue weighted by Crippen LogP contribution is -2.26. The number of anilines is 1. The Labute approximate surface area is 191 Å². The molecule has 0 saturated heterocycles. The molecule has 0 aromatic heterocycles. The maximum absolute atomic E-state index is 12.2. The van der Waals surface area contributed by atoms with Crippen LogP contribution in [-0.4, -0.2) is 31.0 Å². The van der Waals surface area contributed by atoms with E-state index in [0.717, 1.165) is 5.56 Å². The number of ether oxygens (including phenoxy) is 1. The van der Waals surface area contributed by atoms with E-state index in [4.69, 9.17) is 16.3 Å². The molecule has 0 unspecified atom stereocenters. The van der Waals surface area contributed by atoms with Gasteiger partial charge in [0.05, 0.1) is 6.54 Å². The van der Waals surface area contributed by atoms with Crippen LogP contribution in [0.2, 0.25) is 0 Å². The van der Waals surface area contributed by atoms with Crippen molar-refractivity contribution in [2.24, 2.45) is 0 Å². The molecule has 2 N–H and O–H groups in total. The van der Waals surface area contributed by atoms with Gasteiger partial charge in [-0.15, -0.1) is 11.6 Å². The summed E-state index contributed by atoms with van der Waals surface area (Å²) in [6.07, 6.45) is -0.500. The fourth-order valence-corrected chi connectivity index (χ4v) is 3.81. The second-order valence-corrected chi connectivity index (χ2v) is 7.51. The summed E-state index contributed by atoms with van der Waals surface area (Å²) >= 11 is 5.47. The van der Waals surface area contributed by atoms with Crippen LogP contribution in [0.3, 0.4) is 0 Å². The highest BCUT2D eigenvalue weighted by atomic mass is 35.5. The summed E-state index contributed by atoms with van der Waals surface area (Å²) in [5, 5.41) is 5.32. The van der Waals surface area contributed by atoms with Gasteiger partial charge in [-0.3, -0.25) is 4.79 Å². The number of rotatable bonds is 5. The standard InChI is InChI=1S/C26H21ClN2O3/c27-16-25(30)29-19-13-11-18(12-14-19)6-5-15-28-26(31)32-17-24-22-9-3-1-7-20(22)21-8-2-4-10-23(21)24/h1-4,7-14,24H,15-17H2,(H,28,31)(H,29,30). The predicted molar refractivity (Wildman–Crippen MR) is 126 cm³/mol. The van der Waals surface area contributed by atoms with E-state index in [-0.39, 0.29) is 30.9 Å². The van der Waals surface area contributed by atoms with Crippen molar-refractivity contribution in [3.8, 4) is 23.0 Å². The maximum Gasteiger partial charge on any atom is 0.407 e. The van der Waals surface area contributed by atoms with E-state index < -0.39 is 6.09 Å². The van der Waals surface area contributed by atoms with Crippen LogP contribution in [0.1, 0.15) is 22.6 Å². The topological polar surface area (TPSA) is 67.4 Å². The van der Waals surface area contributed by atoms with Gasteiger partial charge < -0.3 is 15.4 Å². The monoisotopic (exact) mass is 444 g/mol. The Balaban J connectivity index is 1.28. The third-order valence-corrected chi connectivity index (χ3v) is 5.43. The first-order valence-electron chi connectivity index (χ1n) is 10.2. The second-order valence-electron chi connectivity index (χ2n) is 7.24. The van der Waals surface area contributed by atoms with Crippen LogP contribution in [0.15, 0.2) is 72.8 Å². The number of amides is 2. The lowest BCUT2D eigenvalue weighted by molar-refractivity contribution is -0.113. The molecule has 4 rings (SSSR count). The molecule has 1 aliphatic rings. The van der Waals surface area contributed by atoms with Gasteiger partial charge in [0.2, 0.25) is 5.91 Å². The molecule has 0 aliphatic heterocycles. The van der Waals surface area contributed by atoms with Gasteiger partial charge in [0.15, 0.2) is 0 Å². The highest BCUT2D eigenvalue weighted by molar-refractivity contribution is 6.29. The number of alkyl carbamates (subject to hydrolysis) is 1. The Bertz CT molecular complexity index is 1150. The number of benzene rings is 3. The summed E-state index contributed by atoms with van der Waals surface area (Å²) < 4.78 is 5.49. The number of carbonyl (C=O) groups is 2. The number of nitrogens with one attached hydrogen (secondary N) is 2. The first-order valence-corrected chi connectivity index (χ1v) is 10.7. The molecule has 5 nitrogen and oxygen atoms in total. The fraction of sp³-hybridized carbons (Fsp3) is 0.154. The van der Waals surface area contributed by atoms with Crippen molar-refractivity contribution in [3.05, 3.63) is 89.5 Å². The zero-order chi connectivity index (χ0) is 22.3. The largest absolute Gasteiger partial charge is 0.449 e. The molecule has 0 bridgehead atoms. The average molecular weight is 445 g/mol. The number of halogens is 1.